The topological polar surface area (TPSA) is 64.3 Å². The molecule has 7 heteroatoms. The maximum atomic E-state index is 13.6. The Morgan fingerprint density at radius 3 is 2.94 bits per heavy atom. The highest BCUT2D eigenvalue weighted by molar-refractivity contribution is 6.30. The molecule has 0 aliphatic carbocycles. The number of hydrogen-bond acceptors (Lipinski definition) is 3. The number of carbonyl (C=O) groups is 1. The minimum Gasteiger partial charge on any atom is -0.443 e. The molecule has 0 spiro atoms. The molecule has 1 amide bonds. The molecule has 17 heavy (non-hydrogen) atoms. The van der Waals surface area contributed by atoms with Crippen molar-refractivity contribution in [2.75, 3.05) is 12.3 Å². The number of benzene rings is 1. The second kappa shape index (κ2) is 4.03. The summed E-state index contributed by atoms with van der Waals surface area (Å²) in [7, 11) is 0. The Bertz CT molecular complexity index is 468. The van der Waals surface area contributed by atoms with E-state index in [1.165, 1.54) is 18.2 Å². The van der Waals surface area contributed by atoms with Crippen molar-refractivity contribution in [1.29, 1.82) is 0 Å². The quantitative estimate of drug-likeness (QED) is 0.764. The molecule has 1 aromatic carbocycles. The van der Waals surface area contributed by atoms with Crippen LogP contribution in [0.15, 0.2) is 18.2 Å². The van der Waals surface area contributed by atoms with Crippen LogP contribution in [-0.4, -0.2) is 18.6 Å². The number of anilines is 1. The van der Waals surface area contributed by atoms with Crippen LogP contribution in [0.2, 0.25) is 5.02 Å². The highest BCUT2D eigenvalue weighted by atomic mass is 35.5. The first-order chi connectivity index (χ1) is 7.90. The summed E-state index contributed by atoms with van der Waals surface area (Å²) in [6, 6.07) is 2.68. The predicted octanol–water partition coefficient (Wildman–Crippen LogP) is 2.34. The molecule has 0 bridgehead atoms. The molecule has 0 radical (unpaired) electrons. The van der Waals surface area contributed by atoms with Gasteiger partial charge in [0.05, 0.1) is 0 Å². The van der Waals surface area contributed by atoms with Crippen LogP contribution in [0.1, 0.15) is 11.6 Å². The van der Waals surface area contributed by atoms with Crippen molar-refractivity contribution in [2.45, 2.75) is 12.0 Å². The third-order valence-corrected chi connectivity index (χ3v) is 2.68. The Morgan fingerprint density at radius 1 is 1.53 bits per heavy atom. The summed E-state index contributed by atoms with van der Waals surface area (Å²) in [5, 5.41) is 2.31. The Labute approximate surface area is 101 Å². The normalized spacial score (nSPS) is 22.8. The predicted molar refractivity (Wildman–Crippen MR) is 58.0 cm³/mol. The molecule has 0 aromatic heterocycles. The number of carbonyl (C=O) groups excluding carboxylic acids is 1. The summed E-state index contributed by atoms with van der Waals surface area (Å²) in [5.41, 5.74) is 5.83. The number of ether oxygens (including phenoxy) is 1. The molecule has 3 N–H and O–H groups in total. The molecule has 1 fully saturated rings. The van der Waals surface area contributed by atoms with E-state index in [1.54, 1.807) is 0 Å². The van der Waals surface area contributed by atoms with Crippen LogP contribution in [0, 0.1) is 0 Å². The fraction of sp³-hybridized carbons (Fsp3) is 0.300. The summed E-state index contributed by atoms with van der Waals surface area (Å²) in [4.78, 5) is 11.0. The van der Waals surface area contributed by atoms with Crippen LogP contribution in [0.5, 0.6) is 0 Å². The van der Waals surface area contributed by atoms with Gasteiger partial charge in [0, 0.05) is 16.3 Å². The maximum Gasteiger partial charge on any atom is 0.408 e. The summed E-state index contributed by atoms with van der Waals surface area (Å²) < 4.78 is 31.4. The average Bonchev–Trinajstić information content (AvgIpc) is 2.26. The van der Waals surface area contributed by atoms with Gasteiger partial charge in [0.1, 0.15) is 6.04 Å². The largest absolute Gasteiger partial charge is 0.443 e. The number of alkyl halides is 2. The van der Waals surface area contributed by atoms with Crippen molar-refractivity contribution in [3.63, 3.8) is 0 Å². The molecule has 1 aromatic rings. The molecule has 2 rings (SSSR count). The lowest BCUT2D eigenvalue weighted by Gasteiger charge is -2.32. The third kappa shape index (κ3) is 2.26. The van der Waals surface area contributed by atoms with Gasteiger partial charge in [-0.2, -0.15) is 0 Å². The fourth-order valence-corrected chi connectivity index (χ4v) is 1.79. The van der Waals surface area contributed by atoms with Gasteiger partial charge in [-0.3, -0.25) is 0 Å². The molecule has 0 saturated carbocycles. The Morgan fingerprint density at radius 2 is 2.24 bits per heavy atom. The number of alkyl carbamates (subject to hydrolysis) is 1. The number of nitrogens with two attached hydrogens (primary N) is 1. The lowest BCUT2D eigenvalue weighted by Crippen LogP contribution is -2.49. The van der Waals surface area contributed by atoms with Crippen molar-refractivity contribution in [3.8, 4) is 0 Å². The average molecular weight is 263 g/mol. The first-order valence-corrected chi connectivity index (χ1v) is 5.14. The van der Waals surface area contributed by atoms with Crippen LogP contribution in [0.25, 0.3) is 0 Å². The SMILES string of the molecule is Nc1ccc(Cl)cc1[C@@H]1NC(=O)OCC1(F)F. The Balaban J connectivity index is 2.42. The minimum absolute atomic E-state index is 0.0825. The monoisotopic (exact) mass is 262 g/mol. The van der Waals surface area contributed by atoms with E-state index in [0.717, 1.165) is 0 Å². The van der Waals surface area contributed by atoms with Crippen molar-refractivity contribution < 1.29 is 18.3 Å². The first-order valence-electron chi connectivity index (χ1n) is 4.76. The van der Waals surface area contributed by atoms with Gasteiger partial charge in [0.25, 0.3) is 0 Å². The number of amides is 1. The van der Waals surface area contributed by atoms with E-state index in [1.807, 2.05) is 5.32 Å². The van der Waals surface area contributed by atoms with E-state index >= 15 is 0 Å². The van der Waals surface area contributed by atoms with E-state index in [0.29, 0.717) is 0 Å². The number of rotatable bonds is 1. The first kappa shape index (κ1) is 11.9. The number of hydrogen-bond donors (Lipinski definition) is 2. The van der Waals surface area contributed by atoms with E-state index in [4.69, 9.17) is 17.3 Å². The van der Waals surface area contributed by atoms with E-state index in [2.05, 4.69) is 4.74 Å². The summed E-state index contributed by atoms with van der Waals surface area (Å²) in [5.74, 6) is -3.23. The van der Waals surface area contributed by atoms with Gasteiger partial charge in [-0.15, -0.1) is 0 Å². The molecule has 1 saturated heterocycles. The molecule has 1 aliphatic rings. The Hall–Kier alpha value is -1.56. The van der Waals surface area contributed by atoms with Crippen LogP contribution in [0.4, 0.5) is 19.3 Å². The zero-order valence-corrected chi connectivity index (χ0v) is 9.30. The second-order valence-electron chi connectivity index (χ2n) is 3.69. The number of nitrogens with one attached hydrogen (secondary N) is 1. The zero-order chi connectivity index (χ0) is 12.6. The Kier molecular flexibility index (Phi) is 2.82. The maximum absolute atomic E-state index is 13.6. The van der Waals surface area contributed by atoms with Gasteiger partial charge in [-0.25, -0.2) is 13.6 Å². The van der Waals surface area contributed by atoms with Gasteiger partial charge >= 0.3 is 12.0 Å². The van der Waals surface area contributed by atoms with Crippen molar-refractivity contribution in [1.82, 2.24) is 5.32 Å². The summed E-state index contributed by atoms with van der Waals surface area (Å²) in [6.07, 6.45) is -0.902. The fourth-order valence-electron chi connectivity index (χ4n) is 1.61. The highest BCUT2D eigenvalue weighted by Gasteiger charge is 2.47. The molecule has 4 nitrogen and oxygen atoms in total. The molecular weight excluding hydrogens is 254 g/mol. The molecule has 92 valence electrons. The second-order valence-corrected chi connectivity index (χ2v) is 4.12. The number of halogens is 3. The van der Waals surface area contributed by atoms with Gasteiger partial charge in [-0.1, -0.05) is 11.6 Å². The van der Waals surface area contributed by atoms with Crippen LogP contribution in [0.3, 0.4) is 0 Å². The van der Waals surface area contributed by atoms with Crippen LogP contribution >= 0.6 is 11.6 Å². The van der Waals surface area contributed by atoms with Crippen LogP contribution in [-0.2, 0) is 4.74 Å². The van der Waals surface area contributed by atoms with Crippen molar-refractivity contribution >= 4 is 23.4 Å². The molecule has 0 unspecified atom stereocenters. The smallest absolute Gasteiger partial charge is 0.408 e. The van der Waals surface area contributed by atoms with Crippen molar-refractivity contribution in [2.24, 2.45) is 0 Å². The van der Waals surface area contributed by atoms with Gasteiger partial charge < -0.3 is 15.8 Å². The molecule has 1 aliphatic heterocycles. The van der Waals surface area contributed by atoms with E-state index < -0.39 is 24.7 Å². The summed E-state index contributed by atoms with van der Waals surface area (Å²) >= 11 is 5.72. The molecule has 1 atom stereocenters. The highest BCUT2D eigenvalue weighted by Crippen LogP contribution is 2.37. The lowest BCUT2D eigenvalue weighted by atomic mass is 9.98. The van der Waals surface area contributed by atoms with Crippen molar-refractivity contribution in [3.05, 3.63) is 28.8 Å². The van der Waals surface area contributed by atoms with Crippen LogP contribution < -0.4 is 11.1 Å². The summed E-state index contributed by atoms with van der Waals surface area (Å²) in [6.45, 7) is -0.977. The minimum atomic E-state index is -3.23. The third-order valence-electron chi connectivity index (χ3n) is 2.44. The van der Waals surface area contributed by atoms with E-state index in [-0.39, 0.29) is 16.3 Å². The number of nitrogen functional groups attached to an aromatic ring is 1. The van der Waals surface area contributed by atoms with Gasteiger partial charge in [0.15, 0.2) is 6.61 Å². The standard InChI is InChI=1S/C10H9ClF2N2O2/c11-5-1-2-7(14)6(3-5)8-10(12,13)4-17-9(16)15-8/h1-3,8H,4,14H2,(H,15,16)/t8-/m0/s1. The molecular formula is C10H9ClF2N2O2. The molecule has 1 heterocycles. The lowest BCUT2D eigenvalue weighted by molar-refractivity contribution is -0.104. The van der Waals surface area contributed by atoms with Gasteiger partial charge in [-0.05, 0) is 18.2 Å². The van der Waals surface area contributed by atoms with E-state index in [9.17, 15) is 13.6 Å². The van der Waals surface area contributed by atoms with Gasteiger partial charge in [0.2, 0.25) is 0 Å². The zero-order valence-electron chi connectivity index (χ0n) is 8.54. The number of cyclic esters (lactones) is 1.